The van der Waals surface area contributed by atoms with E-state index in [1.54, 1.807) is 18.2 Å². The fourth-order valence-corrected chi connectivity index (χ4v) is 1.76. The molecule has 1 aromatic heterocycles. The van der Waals surface area contributed by atoms with Gasteiger partial charge in [0, 0.05) is 6.04 Å². The van der Waals surface area contributed by atoms with Gasteiger partial charge in [-0.05, 0) is 36.8 Å². The normalized spacial score (nSPS) is 12.2. The van der Waals surface area contributed by atoms with Crippen molar-refractivity contribution in [1.29, 1.82) is 0 Å². The molecule has 2 rings (SSSR count). The Labute approximate surface area is 109 Å². The van der Waals surface area contributed by atoms with Crippen LogP contribution in [0.15, 0.2) is 36.4 Å². The number of rotatable bonds is 3. The average Bonchev–Trinajstić information content (AvgIpc) is 2.32. The summed E-state index contributed by atoms with van der Waals surface area (Å²) >= 11 is 5.71. The van der Waals surface area contributed by atoms with Crippen molar-refractivity contribution in [2.24, 2.45) is 0 Å². The lowest BCUT2D eigenvalue weighted by atomic mass is 10.1. The maximum Gasteiger partial charge on any atom is 0.214 e. The molecule has 1 unspecified atom stereocenters. The van der Waals surface area contributed by atoms with Gasteiger partial charge in [0.1, 0.15) is 11.6 Å². The largest absolute Gasteiger partial charge is 0.363 e. The average molecular weight is 269 g/mol. The predicted molar refractivity (Wildman–Crippen MR) is 67.6 cm³/mol. The summed E-state index contributed by atoms with van der Waals surface area (Å²) in [6.45, 7) is 1.86. The predicted octanol–water partition coefficient (Wildman–Crippen LogP) is 4.19. The SMILES string of the molecule is CC(Nc1cccc(F)n1)c1ccc(F)c(Cl)c1. The first-order chi connectivity index (χ1) is 8.56. The number of pyridine rings is 1. The van der Waals surface area contributed by atoms with Crippen LogP contribution in [0.25, 0.3) is 0 Å². The molecule has 1 N–H and O–H groups in total. The number of hydrogen-bond donors (Lipinski definition) is 1. The van der Waals surface area contributed by atoms with Crippen LogP contribution >= 0.6 is 11.6 Å². The fraction of sp³-hybridized carbons (Fsp3) is 0.154. The molecule has 0 fully saturated rings. The van der Waals surface area contributed by atoms with Gasteiger partial charge in [0.25, 0.3) is 0 Å². The van der Waals surface area contributed by atoms with Crippen molar-refractivity contribution < 1.29 is 8.78 Å². The molecular weight excluding hydrogens is 258 g/mol. The van der Waals surface area contributed by atoms with Gasteiger partial charge in [0.2, 0.25) is 5.95 Å². The molecule has 0 aliphatic carbocycles. The maximum absolute atomic E-state index is 13.0. The van der Waals surface area contributed by atoms with Crippen molar-refractivity contribution in [2.75, 3.05) is 5.32 Å². The Morgan fingerprint density at radius 2 is 2.00 bits per heavy atom. The molecule has 1 heterocycles. The minimum atomic E-state index is -0.552. The number of anilines is 1. The summed E-state index contributed by atoms with van der Waals surface area (Å²) in [5.41, 5.74) is 0.799. The van der Waals surface area contributed by atoms with E-state index in [1.165, 1.54) is 18.2 Å². The van der Waals surface area contributed by atoms with Crippen molar-refractivity contribution in [3.63, 3.8) is 0 Å². The molecule has 2 nitrogen and oxygen atoms in total. The van der Waals surface area contributed by atoms with Crippen LogP contribution in [0.1, 0.15) is 18.5 Å². The number of aromatic nitrogens is 1. The molecule has 0 radical (unpaired) electrons. The summed E-state index contributed by atoms with van der Waals surface area (Å²) in [4.78, 5) is 3.69. The van der Waals surface area contributed by atoms with E-state index in [2.05, 4.69) is 10.3 Å². The van der Waals surface area contributed by atoms with E-state index in [4.69, 9.17) is 11.6 Å². The Balaban J connectivity index is 2.16. The van der Waals surface area contributed by atoms with Crippen molar-refractivity contribution in [2.45, 2.75) is 13.0 Å². The highest BCUT2D eigenvalue weighted by Gasteiger charge is 2.09. The van der Waals surface area contributed by atoms with Gasteiger partial charge in [0.15, 0.2) is 0 Å². The molecule has 0 spiro atoms. The smallest absolute Gasteiger partial charge is 0.214 e. The number of halogens is 3. The Kier molecular flexibility index (Phi) is 3.77. The lowest BCUT2D eigenvalue weighted by Crippen LogP contribution is -2.08. The van der Waals surface area contributed by atoms with Gasteiger partial charge >= 0.3 is 0 Å². The zero-order chi connectivity index (χ0) is 13.1. The summed E-state index contributed by atoms with van der Waals surface area (Å²) < 4.78 is 25.9. The first kappa shape index (κ1) is 12.8. The zero-order valence-electron chi connectivity index (χ0n) is 9.62. The van der Waals surface area contributed by atoms with Crippen LogP contribution in [0.2, 0.25) is 5.02 Å². The molecule has 0 aliphatic heterocycles. The Hall–Kier alpha value is -1.68. The first-order valence-corrected chi connectivity index (χ1v) is 5.78. The monoisotopic (exact) mass is 268 g/mol. The van der Waals surface area contributed by atoms with Crippen LogP contribution in [0.5, 0.6) is 0 Å². The first-order valence-electron chi connectivity index (χ1n) is 5.40. The van der Waals surface area contributed by atoms with E-state index in [9.17, 15) is 8.78 Å². The molecule has 94 valence electrons. The van der Waals surface area contributed by atoms with Crippen molar-refractivity contribution in [3.05, 3.63) is 58.7 Å². The quantitative estimate of drug-likeness (QED) is 0.845. The van der Waals surface area contributed by atoms with Crippen molar-refractivity contribution >= 4 is 17.4 Å². The van der Waals surface area contributed by atoms with Gasteiger partial charge in [-0.3, -0.25) is 0 Å². The second-order valence-electron chi connectivity index (χ2n) is 3.89. The molecule has 0 saturated carbocycles. The summed E-state index contributed by atoms with van der Waals surface area (Å²) in [6.07, 6.45) is 0. The van der Waals surface area contributed by atoms with E-state index in [0.29, 0.717) is 5.82 Å². The lowest BCUT2D eigenvalue weighted by Gasteiger charge is -2.15. The Morgan fingerprint density at radius 3 is 2.67 bits per heavy atom. The Morgan fingerprint density at radius 1 is 1.22 bits per heavy atom. The molecule has 5 heteroatoms. The Bertz CT molecular complexity index is 560. The van der Waals surface area contributed by atoms with Crippen LogP contribution < -0.4 is 5.32 Å². The standard InChI is InChI=1S/C13H11ClF2N2/c1-8(9-5-6-11(15)10(14)7-9)17-13-4-2-3-12(16)18-13/h2-8H,1H3,(H,17,18). The molecule has 18 heavy (non-hydrogen) atoms. The second kappa shape index (κ2) is 5.31. The van der Waals surface area contributed by atoms with Gasteiger partial charge in [-0.25, -0.2) is 9.37 Å². The van der Waals surface area contributed by atoms with E-state index in [0.717, 1.165) is 5.56 Å². The number of nitrogens with zero attached hydrogens (tertiary/aromatic N) is 1. The molecule has 1 aromatic carbocycles. The van der Waals surface area contributed by atoms with Gasteiger partial charge in [-0.15, -0.1) is 0 Å². The lowest BCUT2D eigenvalue weighted by molar-refractivity contribution is 0.584. The second-order valence-corrected chi connectivity index (χ2v) is 4.29. The van der Waals surface area contributed by atoms with Crippen LogP contribution in [0, 0.1) is 11.8 Å². The molecule has 0 aliphatic rings. The molecule has 2 aromatic rings. The minimum Gasteiger partial charge on any atom is -0.363 e. The summed E-state index contributed by atoms with van der Waals surface area (Å²) in [7, 11) is 0. The van der Waals surface area contributed by atoms with Crippen LogP contribution in [0.3, 0.4) is 0 Å². The number of hydrogen-bond acceptors (Lipinski definition) is 2. The summed E-state index contributed by atoms with van der Waals surface area (Å²) in [5, 5.41) is 3.08. The minimum absolute atomic E-state index is 0.0633. The van der Waals surface area contributed by atoms with Gasteiger partial charge in [0.05, 0.1) is 5.02 Å². The van der Waals surface area contributed by atoms with Gasteiger partial charge in [-0.1, -0.05) is 23.7 Å². The molecule has 0 amide bonds. The molecule has 1 atom stereocenters. The van der Waals surface area contributed by atoms with Crippen molar-refractivity contribution in [3.8, 4) is 0 Å². The van der Waals surface area contributed by atoms with Crippen LogP contribution in [-0.4, -0.2) is 4.98 Å². The topological polar surface area (TPSA) is 24.9 Å². The van der Waals surface area contributed by atoms with E-state index in [1.807, 2.05) is 6.92 Å². The van der Waals surface area contributed by atoms with E-state index >= 15 is 0 Å². The molecular formula is C13H11ClF2N2. The van der Waals surface area contributed by atoms with Crippen LogP contribution in [0.4, 0.5) is 14.6 Å². The van der Waals surface area contributed by atoms with Gasteiger partial charge in [-0.2, -0.15) is 4.39 Å². The third kappa shape index (κ3) is 2.96. The number of benzene rings is 1. The van der Waals surface area contributed by atoms with E-state index in [-0.39, 0.29) is 11.1 Å². The highest BCUT2D eigenvalue weighted by Crippen LogP contribution is 2.23. The highest BCUT2D eigenvalue weighted by atomic mass is 35.5. The third-order valence-electron chi connectivity index (χ3n) is 2.52. The van der Waals surface area contributed by atoms with Gasteiger partial charge < -0.3 is 5.32 Å². The molecule has 0 bridgehead atoms. The third-order valence-corrected chi connectivity index (χ3v) is 2.81. The maximum atomic E-state index is 13.0. The number of nitrogens with one attached hydrogen (secondary N) is 1. The van der Waals surface area contributed by atoms with E-state index < -0.39 is 11.8 Å². The summed E-state index contributed by atoms with van der Waals surface area (Å²) in [5.74, 6) is -0.594. The fourth-order valence-electron chi connectivity index (χ4n) is 1.58. The van der Waals surface area contributed by atoms with Crippen LogP contribution in [-0.2, 0) is 0 Å². The summed E-state index contributed by atoms with van der Waals surface area (Å²) in [6, 6.07) is 8.79. The zero-order valence-corrected chi connectivity index (χ0v) is 10.4. The molecule has 0 saturated heterocycles. The van der Waals surface area contributed by atoms with Crippen molar-refractivity contribution in [1.82, 2.24) is 4.98 Å². The highest BCUT2D eigenvalue weighted by molar-refractivity contribution is 6.30.